The monoisotopic (exact) mass is 484 g/mol. The van der Waals surface area contributed by atoms with Crippen molar-refractivity contribution in [3.8, 4) is 0 Å². The van der Waals surface area contributed by atoms with Gasteiger partial charge in [0, 0.05) is 42.9 Å². The number of nitrogens with one attached hydrogen (secondary N) is 1. The van der Waals surface area contributed by atoms with Gasteiger partial charge in [0.2, 0.25) is 0 Å². The number of rotatable bonds is 7. The highest BCUT2D eigenvalue weighted by Crippen LogP contribution is 2.27. The minimum Gasteiger partial charge on any atom is -0.338 e. The van der Waals surface area contributed by atoms with Crippen molar-refractivity contribution < 1.29 is 4.39 Å². The fourth-order valence-electron chi connectivity index (χ4n) is 5.09. The summed E-state index contributed by atoms with van der Waals surface area (Å²) in [5.41, 5.74) is 5.00. The van der Waals surface area contributed by atoms with E-state index in [0.717, 1.165) is 53.1 Å². The van der Waals surface area contributed by atoms with Crippen LogP contribution < -0.4 is 5.32 Å². The third-order valence-electron chi connectivity index (χ3n) is 7.04. The fraction of sp³-hybridized carbons (Fsp3) is 0.296. The third kappa shape index (κ3) is 4.43. The van der Waals surface area contributed by atoms with E-state index in [9.17, 15) is 4.39 Å². The van der Waals surface area contributed by atoms with Crippen molar-refractivity contribution in [1.82, 2.24) is 34.2 Å². The van der Waals surface area contributed by atoms with E-state index in [4.69, 9.17) is 0 Å². The molecule has 0 amide bonds. The predicted molar refractivity (Wildman–Crippen MR) is 139 cm³/mol. The Balaban J connectivity index is 1.24. The highest BCUT2D eigenvalue weighted by Gasteiger charge is 2.25. The first-order chi connectivity index (χ1) is 17.5. The summed E-state index contributed by atoms with van der Waals surface area (Å²) in [6, 6.07) is 15.5. The molecule has 184 valence electrons. The maximum absolute atomic E-state index is 13.6. The molecule has 3 aromatic heterocycles. The SMILES string of the molecule is CN(C)C1CCN(Cc2ccn3ncnc(Nc4ccc5c(cnn5Cc5cccc(F)c5)c4)c23)C1. The van der Waals surface area contributed by atoms with Gasteiger partial charge in [0.15, 0.2) is 5.82 Å². The maximum Gasteiger partial charge on any atom is 0.158 e. The molecule has 8 nitrogen and oxygen atoms in total. The summed E-state index contributed by atoms with van der Waals surface area (Å²) in [5.74, 6) is 0.540. The van der Waals surface area contributed by atoms with Gasteiger partial charge >= 0.3 is 0 Å². The zero-order chi connectivity index (χ0) is 24.6. The van der Waals surface area contributed by atoms with E-state index in [0.29, 0.717) is 12.6 Å². The topological polar surface area (TPSA) is 66.5 Å². The standard InChI is InChI=1S/C27H29FN8/c1-33(2)24-9-10-34(17-24)16-20-8-11-35-26(20)27(29-18-31-35)32-23-6-7-25-21(13-23)14-30-36(25)15-19-4-3-5-22(28)12-19/h3-8,11-14,18,24H,9-10,15-17H2,1-2H3,(H,29,31,32). The third-order valence-corrected chi connectivity index (χ3v) is 7.04. The number of likely N-dealkylation sites (tertiary alicyclic amines) is 1. The highest BCUT2D eigenvalue weighted by atomic mass is 19.1. The van der Waals surface area contributed by atoms with Gasteiger partial charge in [0.05, 0.1) is 18.3 Å². The normalized spacial score (nSPS) is 16.5. The van der Waals surface area contributed by atoms with Gasteiger partial charge in [-0.05, 0) is 68.0 Å². The summed E-state index contributed by atoms with van der Waals surface area (Å²) < 4.78 is 17.4. The van der Waals surface area contributed by atoms with Crippen molar-refractivity contribution in [2.75, 3.05) is 32.5 Å². The molecule has 0 spiro atoms. The van der Waals surface area contributed by atoms with Crippen LogP contribution in [0.5, 0.6) is 0 Å². The molecule has 1 atom stereocenters. The summed E-state index contributed by atoms with van der Waals surface area (Å²) in [6.07, 6.45) is 6.60. The second-order valence-electron chi connectivity index (χ2n) is 9.71. The largest absolute Gasteiger partial charge is 0.338 e. The Bertz CT molecular complexity index is 1520. The first-order valence-electron chi connectivity index (χ1n) is 12.2. The van der Waals surface area contributed by atoms with Gasteiger partial charge in [0.1, 0.15) is 17.7 Å². The molecular weight excluding hydrogens is 455 g/mol. The number of anilines is 2. The van der Waals surface area contributed by atoms with E-state index in [2.05, 4.69) is 56.5 Å². The van der Waals surface area contributed by atoms with Crippen LogP contribution in [0.4, 0.5) is 15.9 Å². The molecule has 1 unspecified atom stereocenters. The molecule has 1 N–H and O–H groups in total. The number of fused-ring (bicyclic) bond motifs is 2. The summed E-state index contributed by atoms with van der Waals surface area (Å²) in [7, 11) is 4.31. The molecule has 1 aliphatic rings. The van der Waals surface area contributed by atoms with Crippen molar-refractivity contribution in [1.29, 1.82) is 0 Å². The fourth-order valence-corrected chi connectivity index (χ4v) is 5.09. The molecule has 4 heterocycles. The van der Waals surface area contributed by atoms with Gasteiger partial charge < -0.3 is 10.2 Å². The van der Waals surface area contributed by atoms with E-state index >= 15 is 0 Å². The van der Waals surface area contributed by atoms with Gasteiger partial charge in [-0.1, -0.05) is 12.1 Å². The Morgan fingerprint density at radius 2 is 2.00 bits per heavy atom. The van der Waals surface area contributed by atoms with Crippen LogP contribution in [0.15, 0.2) is 67.3 Å². The van der Waals surface area contributed by atoms with E-state index in [-0.39, 0.29) is 5.82 Å². The Morgan fingerprint density at radius 3 is 2.83 bits per heavy atom. The highest BCUT2D eigenvalue weighted by molar-refractivity contribution is 5.85. The molecule has 9 heteroatoms. The molecule has 0 radical (unpaired) electrons. The van der Waals surface area contributed by atoms with E-state index in [1.54, 1.807) is 18.5 Å². The first kappa shape index (κ1) is 22.6. The minimum atomic E-state index is -0.237. The zero-order valence-corrected chi connectivity index (χ0v) is 20.5. The van der Waals surface area contributed by atoms with Crippen LogP contribution in [0, 0.1) is 5.82 Å². The lowest BCUT2D eigenvalue weighted by molar-refractivity contribution is 0.265. The Kier molecular flexibility index (Phi) is 5.86. The minimum absolute atomic E-state index is 0.237. The second-order valence-corrected chi connectivity index (χ2v) is 9.71. The van der Waals surface area contributed by atoms with Crippen molar-refractivity contribution in [2.24, 2.45) is 0 Å². The average Bonchev–Trinajstić information content (AvgIpc) is 3.59. The second kappa shape index (κ2) is 9.33. The van der Waals surface area contributed by atoms with Crippen molar-refractivity contribution in [3.05, 3.63) is 84.2 Å². The van der Waals surface area contributed by atoms with E-state index in [1.807, 2.05) is 39.8 Å². The van der Waals surface area contributed by atoms with Crippen molar-refractivity contribution >= 4 is 27.9 Å². The molecule has 1 fully saturated rings. The zero-order valence-electron chi connectivity index (χ0n) is 20.5. The van der Waals surface area contributed by atoms with Crippen LogP contribution in [0.2, 0.25) is 0 Å². The van der Waals surface area contributed by atoms with Crippen LogP contribution in [-0.2, 0) is 13.1 Å². The number of nitrogens with zero attached hydrogens (tertiary/aromatic N) is 7. The van der Waals surface area contributed by atoms with E-state index in [1.165, 1.54) is 18.1 Å². The van der Waals surface area contributed by atoms with Crippen molar-refractivity contribution in [2.45, 2.75) is 25.6 Å². The number of hydrogen-bond acceptors (Lipinski definition) is 6. The average molecular weight is 485 g/mol. The molecular formula is C27H29FN8. The molecule has 2 aromatic carbocycles. The van der Waals surface area contributed by atoms with Gasteiger partial charge in [-0.15, -0.1) is 0 Å². The summed E-state index contributed by atoms with van der Waals surface area (Å²) >= 11 is 0. The van der Waals surface area contributed by atoms with Crippen LogP contribution >= 0.6 is 0 Å². The van der Waals surface area contributed by atoms with Gasteiger partial charge in [-0.2, -0.15) is 10.2 Å². The predicted octanol–water partition coefficient (Wildman–Crippen LogP) is 4.15. The molecule has 0 saturated carbocycles. The lowest BCUT2D eigenvalue weighted by Gasteiger charge is -2.20. The molecule has 0 bridgehead atoms. The Morgan fingerprint density at radius 1 is 1.08 bits per heavy atom. The first-order valence-corrected chi connectivity index (χ1v) is 12.2. The lowest BCUT2D eigenvalue weighted by Crippen LogP contribution is -2.31. The summed E-state index contributed by atoms with van der Waals surface area (Å²) in [5, 5.41) is 13.4. The molecule has 36 heavy (non-hydrogen) atoms. The Hall–Kier alpha value is -3.82. The van der Waals surface area contributed by atoms with Crippen LogP contribution in [-0.4, -0.2) is 67.4 Å². The lowest BCUT2D eigenvalue weighted by atomic mass is 10.2. The van der Waals surface area contributed by atoms with Crippen molar-refractivity contribution in [3.63, 3.8) is 0 Å². The van der Waals surface area contributed by atoms with Crippen LogP contribution in [0.25, 0.3) is 16.4 Å². The number of benzene rings is 2. The van der Waals surface area contributed by atoms with E-state index < -0.39 is 0 Å². The van der Waals surface area contributed by atoms with Gasteiger partial charge in [-0.3, -0.25) is 9.58 Å². The molecule has 1 aliphatic heterocycles. The van der Waals surface area contributed by atoms with Crippen LogP contribution in [0.1, 0.15) is 17.5 Å². The quantitative estimate of drug-likeness (QED) is 0.375. The maximum atomic E-state index is 13.6. The summed E-state index contributed by atoms with van der Waals surface area (Å²) in [6.45, 7) is 3.54. The van der Waals surface area contributed by atoms with Crippen LogP contribution in [0.3, 0.4) is 0 Å². The smallest absolute Gasteiger partial charge is 0.158 e. The number of halogens is 1. The van der Waals surface area contributed by atoms with Gasteiger partial charge in [0.25, 0.3) is 0 Å². The molecule has 0 aliphatic carbocycles. The molecule has 6 rings (SSSR count). The number of aromatic nitrogens is 5. The number of likely N-dealkylation sites (N-methyl/N-ethyl adjacent to an activating group) is 1. The number of hydrogen-bond donors (Lipinski definition) is 1. The summed E-state index contributed by atoms with van der Waals surface area (Å²) in [4.78, 5) is 9.38. The molecule has 5 aromatic rings. The molecule has 1 saturated heterocycles. The van der Waals surface area contributed by atoms with Gasteiger partial charge in [-0.25, -0.2) is 13.9 Å². The Labute approximate surface area is 209 Å².